The zero-order chi connectivity index (χ0) is 21.9. The fraction of sp³-hybridized carbons (Fsp3) is 0.682. The molecule has 1 aromatic rings. The number of benzene rings is 1. The van der Waals surface area contributed by atoms with Gasteiger partial charge in [-0.1, -0.05) is 13.8 Å². The summed E-state index contributed by atoms with van der Waals surface area (Å²) < 4.78 is 21.8. The van der Waals surface area contributed by atoms with Crippen molar-refractivity contribution in [1.29, 1.82) is 0 Å². The quantitative estimate of drug-likeness (QED) is 0.264. The number of halogens is 1. The topological polar surface area (TPSA) is 76.6 Å². The molecule has 0 spiro atoms. The summed E-state index contributed by atoms with van der Waals surface area (Å²) in [5.74, 6) is 3.18. The summed E-state index contributed by atoms with van der Waals surface area (Å²) in [5, 5.41) is 6.86. The van der Waals surface area contributed by atoms with Gasteiger partial charge in [0.05, 0.1) is 41.1 Å². The second-order valence-corrected chi connectivity index (χ2v) is 7.57. The Hall–Kier alpha value is -1.46. The predicted octanol–water partition coefficient (Wildman–Crippen LogP) is 2.74. The molecule has 1 atom stereocenters. The van der Waals surface area contributed by atoms with Crippen molar-refractivity contribution in [2.75, 3.05) is 60.7 Å². The van der Waals surface area contributed by atoms with E-state index in [9.17, 15) is 0 Å². The Labute approximate surface area is 204 Å². The second-order valence-electron chi connectivity index (χ2n) is 7.57. The minimum absolute atomic E-state index is 0. The predicted molar refractivity (Wildman–Crippen MR) is 135 cm³/mol. The number of aliphatic imine (C=N–C) groups is 1. The Balaban J connectivity index is 0.00000480. The molecule has 0 saturated carbocycles. The van der Waals surface area contributed by atoms with Crippen molar-refractivity contribution in [3.05, 3.63) is 17.7 Å². The summed E-state index contributed by atoms with van der Waals surface area (Å²) in [6.45, 7) is 12.3. The third kappa shape index (κ3) is 8.19. The van der Waals surface area contributed by atoms with Gasteiger partial charge >= 0.3 is 0 Å². The molecule has 9 heteroatoms. The third-order valence-electron chi connectivity index (χ3n) is 5.25. The molecule has 1 heterocycles. The van der Waals surface area contributed by atoms with Gasteiger partial charge in [-0.3, -0.25) is 4.90 Å². The van der Waals surface area contributed by atoms with Crippen LogP contribution in [0.2, 0.25) is 0 Å². The highest BCUT2D eigenvalue weighted by Gasteiger charge is 2.24. The number of nitrogens with one attached hydrogen (secondary N) is 2. The number of hydrogen-bond acceptors (Lipinski definition) is 6. The summed E-state index contributed by atoms with van der Waals surface area (Å²) in [6, 6.07) is 4.29. The van der Waals surface area contributed by atoms with Crippen LogP contribution in [0.5, 0.6) is 17.2 Å². The highest BCUT2D eigenvalue weighted by atomic mass is 127. The maximum Gasteiger partial charge on any atom is 0.203 e. The van der Waals surface area contributed by atoms with Gasteiger partial charge in [-0.15, -0.1) is 24.0 Å². The van der Waals surface area contributed by atoms with E-state index in [1.54, 1.807) is 21.3 Å². The molecule has 0 aromatic heterocycles. The number of rotatable bonds is 10. The first-order chi connectivity index (χ1) is 14.5. The molecule has 0 bridgehead atoms. The van der Waals surface area contributed by atoms with E-state index in [-0.39, 0.29) is 24.0 Å². The fourth-order valence-electron chi connectivity index (χ4n) is 3.64. The Morgan fingerprint density at radius 3 is 2.16 bits per heavy atom. The number of nitrogens with zero attached hydrogens (tertiary/aromatic N) is 2. The molecule has 2 rings (SSSR count). The molecule has 1 fully saturated rings. The molecule has 1 unspecified atom stereocenters. The van der Waals surface area contributed by atoms with Crippen molar-refractivity contribution in [2.24, 2.45) is 10.9 Å². The molecule has 2 N–H and O–H groups in total. The Morgan fingerprint density at radius 2 is 1.68 bits per heavy atom. The van der Waals surface area contributed by atoms with Crippen molar-refractivity contribution in [1.82, 2.24) is 15.5 Å². The zero-order valence-electron chi connectivity index (χ0n) is 19.7. The minimum atomic E-state index is 0. The summed E-state index contributed by atoms with van der Waals surface area (Å²) >= 11 is 0. The van der Waals surface area contributed by atoms with Crippen LogP contribution >= 0.6 is 24.0 Å². The molecule has 1 saturated heterocycles. The van der Waals surface area contributed by atoms with Crippen LogP contribution in [0.3, 0.4) is 0 Å². The first kappa shape index (κ1) is 27.6. The smallest absolute Gasteiger partial charge is 0.203 e. The Morgan fingerprint density at radius 1 is 1.06 bits per heavy atom. The highest BCUT2D eigenvalue weighted by Crippen LogP contribution is 2.38. The number of guanidine groups is 1. The number of morpholine rings is 1. The van der Waals surface area contributed by atoms with Crippen molar-refractivity contribution in [3.63, 3.8) is 0 Å². The van der Waals surface area contributed by atoms with Crippen LogP contribution in [-0.4, -0.2) is 77.6 Å². The van der Waals surface area contributed by atoms with Crippen molar-refractivity contribution in [3.8, 4) is 17.2 Å². The lowest BCUT2D eigenvalue weighted by atomic mass is 10.0. The van der Waals surface area contributed by atoms with Crippen molar-refractivity contribution < 1.29 is 18.9 Å². The molecule has 1 aliphatic heterocycles. The summed E-state index contributed by atoms with van der Waals surface area (Å²) in [6.07, 6.45) is 0. The average Bonchev–Trinajstić information content (AvgIpc) is 2.77. The van der Waals surface area contributed by atoms with Crippen molar-refractivity contribution in [2.45, 2.75) is 33.4 Å². The van der Waals surface area contributed by atoms with Crippen LogP contribution in [-0.2, 0) is 11.3 Å². The highest BCUT2D eigenvalue weighted by molar-refractivity contribution is 14.0. The Kier molecular flexibility index (Phi) is 13.0. The maximum atomic E-state index is 5.51. The lowest BCUT2D eigenvalue weighted by molar-refractivity contribution is 0.00752. The molecule has 31 heavy (non-hydrogen) atoms. The summed E-state index contributed by atoms with van der Waals surface area (Å²) in [5.41, 5.74) is 0.982. The van der Waals surface area contributed by atoms with Crippen LogP contribution in [0.15, 0.2) is 17.1 Å². The van der Waals surface area contributed by atoms with Crippen LogP contribution in [0, 0.1) is 5.92 Å². The SMILES string of the molecule is CCNC(=NCc1cc(OC)c(OC)c(OC)c1)NCC(C(C)C)N1CCOCC1.I. The van der Waals surface area contributed by atoms with Gasteiger partial charge in [-0.05, 0) is 30.5 Å². The molecule has 0 amide bonds. The zero-order valence-corrected chi connectivity index (χ0v) is 22.0. The van der Waals surface area contributed by atoms with Gasteiger partial charge < -0.3 is 29.6 Å². The lowest BCUT2D eigenvalue weighted by Crippen LogP contribution is -2.52. The van der Waals surface area contributed by atoms with Crippen LogP contribution in [0.1, 0.15) is 26.3 Å². The number of methoxy groups -OCH3 is 3. The normalized spacial score (nSPS) is 15.8. The molecule has 0 radical (unpaired) electrons. The van der Waals surface area contributed by atoms with Gasteiger partial charge in [0.2, 0.25) is 5.75 Å². The number of ether oxygens (including phenoxy) is 4. The van der Waals surface area contributed by atoms with Crippen molar-refractivity contribution >= 4 is 29.9 Å². The van der Waals surface area contributed by atoms with Gasteiger partial charge in [0, 0.05) is 32.2 Å². The van der Waals surface area contributed by atoms with Crippen LogP contribution < -0.4 is 24.8 Å². The monoisotopic (exact) mass is 550 g/mol. The first-order valence-corrected chi connectivity index (χ1v) is 10.7. The second kappa shape index (κ2) is 14.6. The molecule has 0 aliphatic carbocycles. The van der Waals surface area contributed by atoms with E-state index in [4.69, 9.17) is 23.9 Å². The molecule has 8 nitrogen and oxygen atoms in total. The average molecular weight is 550 g/mol. The number of hydrogen-bond donors (Lipinski definition) is 2. The van der Waals surface area contributed by atoms with E-state index < -0.39 is 0 Å². The third-order valence-corrected chi connectivity index (χ3v) is 5.25. The van der Waals surface area contributed by atoms with E-state index in [0.717, 1.165) is 50.9 Å². The molecule has 178 valence electrons. The van der Waals surface area contributed by atoms with Gasteiger partial charge in [-0.25, -0.2) is 4.99 Å². The molecular weight excluding hydrogens is 511 g/mol. The van der Waals surface area contributed by atoms with E-state index in [0.29, 0.717) is 35.8 Å². The summed E-state index contributed by atoms with van der Waals surface area (Å²) in [4.78, 5) is 7.27. The van der Waals surface area contributed by atoms with Gasteiger partial charge in [0.1, 0.15) is 0 Å². The minimum Gasteiger partial charge on any atom is -0.493 e. The van der Waals surface area contributed by atoms with Gasteiger partial charge in [0.15, 0.2) is 17.5 Å². The summed E-state index contributed by atoms with van der Waals surface area (Å²) in [7, 11) is 4.84. The molecular formula is C22H39IN4O4. The molecule has 1 aliphatic rings. The Bertz CT molecular complexity index is 656. The van der Waals surface area contributed by atoms with E-state index in [2.05, 4.69) is 36.3 Å². The lowest BCUT2D eigenvalue weighted by Gasteiger charge is -2.37. The standard InChI is InChI=1S/C22H38N4O4.HI/c1-7-23-22(25-15-18(16(2)3)26-8-10-30-11-9-26)24-14-17-12-19(27-4)21(29-6)20(13-17)28-5;/h12-13,16,18H,7-11,14-15H2,1-6H3,(H2,23,24,25);1H. The van der Waals surface area contributed by atoms with E-state index in [1.807, 2.05) is 12.1 Å². The van der Waals surface area contributed by atoms with Gasteiger partial charge in [-0.2, -0.15) is 0 Å². The van der Waals surface area contributed by atoms with Crippen LogP contribution in [0.4, 0.5) is 0 Å². The van der Waals surface area contributed by atoms with E-state index in [1.165, 1.54) is 0 Å². The van der Waals surface area contributed by atoms with Gasteiger partial charge in [0.25, 0.3) is 0 Å². The largest absolute Gasteiger partial charge is 0.493 e. The van der Waals surface area contributed by atoms with Crippen LogP contribution in [0.25, 0.3) is 0 Å². The maximum absolute atomic E-state index is 5.51. The first-order valence-electron chi connectivity index (χ1n) is 10.7. The fourth-order valence-corrected chi connectivity index (χ4v) is 3.64. The van der Waals surface area contributed by atoms with E-state index >= 15 is 0 Å². The molecule has 1 aromatic carbocycles.